The third kappa shape index (κ3) is 7.82. The van der Waals surface area contributed by atoms with Gasteiger partial charge in [-0.15, -0.1) is 11.8 Å². The van der Waals surface area contributed by atoms with Gasteiger partial charge in [0.05, 0.1) is 0 Å². The number of fused-ring (bicyclic) bond motifs is 1. The van der Waals surface area contributed by atoms with Crippen molar-refractivity contribution in [2.45, 2.75) is 76.0 Å². The fraction of sp³-hybridized carbons (Fsp3) is 0.680. The first-order chi connectivity index (χ1) is 15.9. The summed E-state index contributed by atoms with van der Waals surface area (Å²) in [5.74, 6) is -0.153. The SMILES string of the molecule is CC(C)(C)OC(=O)N1CCC(CCCSc2ccc3c(c2)CCN(C(=O)C(F)(F)F)CC3)CC1. The monoisotopic (exact) mass is 500 g/mol. The predicted octanol–water partition coefficient (Wildman–Crippen LogP) is 5.70. The number of likely N-dealkylation sites (tertiary alicyclic amines) is 1. The Balaban J connectivity index is 1.39. The molecule has 2 aliphatic rings. The van der Waals surface area contributed by atoms with Crippen LogP contribution in [0.4, 0.5) is 18.0 Å². The summed E-state index contributed by atoms with van der Waals surface area (Å²) >= 11 is 1.77. The van der Waals surface area contributed by atoms with Gasteiger partial charge in [0.15, 0.2) is 0 Å². The summed E-state index contributed by atoms with van der Waals surface area (Å²) in [6, 6.07) is 6.09. The zero-order chi connectivity index (χ0) is 24.9. The number of amides is 2. The van der Waals surface area contributed by atoms with Gasteiger partial charge < -0.3 is 14.5 Å². The number of halogens is 3. The van der Waals surface area contributed by atoms with E-state index >= 15 is 0 Å². The van der Waals surface area contributed by atoms with Crippen molar-refractivity contribution in [3.05, 3.63) is 29.3 Å². The molecule has 0 spiro atoms. The molecule has 1 fully saturated rings. The van der Waals surface area contributed by atoms with Crippen LogP contribution in [0.15, 0.2) is 23.1 Å². The van der Waals surface area contributed by atoms with Crippen molar-refractivity contribution >= 4 is 23.8 Å². The van der Waals surface area contributed by atoms with Crippen molar-refractivity contribution in [3.63, 3.8) is 0 Å². The Labute approximate surface area is 204 Å². The quantitative estimate of drug-likeness (QED) is 0.385. The first-order valence-corrected chi connectivity index (χ1v) is 13.0. The summed E-state index contributed by atoms with van der Waals surface area (Å²) in [4.78, 5) is 27.6. The normalized spacial score (nSPS) is 17.8. The molecule has 0 radical (unpaired) electrons. The molecule has 2 heterocycles. The second kappa shape index (κ2) is 11.2. The van der Waals surface area contributed by atoms with Crippen LogP contribution in [-0.2, 0) is 22.4 Å². The lowest BCUT2D eigenvalue weighted by Crippen LogP contribution is -2.42. The molecule has 1 aromatic carbocycles. The molecule has 0 atom stereocenters. The Morgan fingerprint density at radius 2 is 1.65 bits per heavy atom. The lowest BCUT2D eigenvalue weighted by atomic mass is 9.93. The van der Waals surface area contributed by atoms with Crippen molar-refractivity contribution in [3.8, 4) is 0 Å². The van der Waals surface area contributed by atoms with Crippen LogP contribution in [0.1, 0.15) is 57.6 Å². The highest BCUT2D eigenvalue weighted by Gasteiger charge is 2.42. The van der Waals surface area contributed by atoms with Gasteiger partial charge in [0.1, 0.15) is 5.60 Å². The average molecular weight is 501 g/mol. The van der Waals surface area contributed by atoms with E-state index in [4.69, 9.17) is 4.74 Å². The van der Waals surface area contributed by atoms with Crippen molar-refractivity contribution in [2.75, 3.05) is 31.9 Å². The number of benzene rings is 1. The number of thioether (sulfide) groups is 1. The zero-order valence-electron chi connectivity index (χ0n) is 20.2. The van der Waals surface area contributed by atoms with Gasteiger partial charge in [0, 0.05) is 31.1 Å². The standard InChI is InChI=1S/C25H35F3N2O3S/c1-24(2,3)33-23(32)30-12-8-18(9-13-30)5-4-16-34-21-7-6-19-10-14-29(15-11-20(19)17-21)22(31)25(26,27)28/h6-7,17-18H,4-5,8-16H2,1-3H3. The van der Waals surface area contributed by atoms with Gasteiger partial charge in [0.25, 0.3) is 0 Å². The Hall–Kier alpha value is -1.90. The summed E-state index contributed by atoms with van der Waals surface area (Å²) in [6.07, 6.45) is 0.0405. The second-order valence-corrected chi connectivity index (χ2v) is 11.3. The van der Waals surface area contributed by atoms with Gasteiger partial charge in [-0.25, -0.2) is 4.79 Å². The van der Waals surface area contributed by atoms with Gasteiger partial charge in [0.2, 0.25) is 0 Å². The molecule has 3 rings (SSSR count). The number of piperidine rings is 1. The van der Waals surface area contributed by atoms with Crippen LogP contribution in [0.5, 0.6) is 0 Å². The molecule has 0 unspecified atom stereocenters. The fourth-order valence-electron chi connectivity index (χ4n) is 4.47. The Bertz CT molecular complexity index is 862. The van der Waals surface area contributed by atoms with E-state index in [0.29, 0.717) is 18.8 Å². The molecule has 0 aromatic heterocycles. The van der Waals surface area contributed by atoms with Crippen LogP contribution in [0.2, 0.25) is 0 Å². The number of carbonyl (C=O) groups is 2. The molecule has 9 heteroatoms. The minimum absolute atomic E-state index is 0.0987. The molecule has 1 aromatic rings. The molecule has 34 heavy (non-hydrogen) atoms. The summed E-state index contributed by atoms with van der Waals surface area (Å²) in [7, 11) is 0. The van der Waals surface area contributed by atoms with E-state index in [1.165, 1.54) is 0 Å². The van der Waals surface area contributed by atoms with Crippen molar-refractivity contribution in [2.24, 2.45) is 5.92 Å². The van der Waals surface area contributed by atoms with Gasteiger partial charge in [-0.2, -0.15) is 13.2 Å². The Kier molecular flexibility index (Phi) is 8.82. The lowest BCUT2D eigenvalue weighted by Gasteiger charge is -2.33. The first kappa shape index (κ1) is 26.7. The molecule has 0 bridgehead atoms. The van der Waals surface area contributed by atoms with Crippen LogP contribution in [0, 0.1) is 5.92 Å². The van der Waals surface area contributed by atoms with Crippen molar-refractivity contribution < 1.29 is 27.5 Å². The van der Waals surface area contributed by atoms with Gasteiger partial charge in [-0.1, -0.05) is 6.07 Å². The lowest BCUT2D eigenvalue weighted by molar-refractivity contribution is -0.185. The summed E-state index contributed by atoms with van der Waals surface area (Å²) in [6.45, 7) is 7.32. The molecular weight excluding hydrogens is 465 g/mol. The number of nitrogens with zero attached hydrogens (tertiary/aromatic N) is 2. The van der Waals surface area contributed by atoms with Crippen LogP contribution >= 0.6 is 11.8 Å². The third-order valence-electron chi connectivity index (χ3n) is 6.30. The topological polar surface area (TPSA) is 49.9 Å². The minimum atomic E-state index is -4.82. The average Bonchev–Trinajstić information content (AvgIpc) is 2.97. The van der Waals surface area contributed by atoms with Gasteiger partial charge in [-0.3, -0.25) is 4.79 Å². The zero-order valence-corrected chi connectivity index (χ0v) is 21.1. The molecular formula is C25H35F3N2O3S. The Morgan fingerprint density at radius 1 is 1.00 bits per heavy atom. The molecule has 190 valence electrons. The highest BCUT2D eigenvalue weighted by atomic mass is 32.2. The van der Waals surface area contributed by atoms with E-state index in [9.17, 15) is 22.8 Å². The Morgan fingerprint density at radius 3 is 2.26 bits per heavy atom. The van der Waals surface area contributed by atoms with E-state index in [-0.39, 0.29) is 19.2 Å². The summed E-state index contributed by atoms with van der Waals surface area (Å²) in [5, 5.41) is 0. The summed E-state index contributed by atoms with van der Waals surface area (Å²) in [5.41, 5.74) is 1.59. The second-order valence-electron chi connectivity index (χ2n) is 10.1. The maximum Gasteiger partial charge on any atom is 0.471 e. The van der Waals surface area contributed by atoms with Crippen LogP contribution in [0.3, 0.4) is 0 Å². The molecule has 2 amide bonds. The molecule has 0 N–H and O–H groups in total. The largest absolute Gasteiger partial charge is 0.471 e. The molecule has 1 saturated heterocycles. The van der Waals surface area contributed by atoms with E-state index in [2.05, 4.69) is 6.07 Å². The number of ether oxygens (including phenoxy) is 1. The van der Waals surface area contributed by atoms with E-state index in [1.54, 1.807) is 16.7 Å². The molecule has 0 saturated carbocycles. The van der Waals surface area contributed by atoms with Crippen LogP contribution in [-0.4, -0.2) is 65.5 Å². The number of alkyl halides is 3. The molecule has 0 aliphatic carbocycles. The summed E-state index contributed by atoms with van der Waals surface area (Å²) < 4.78 is 43.7. The molecule has 5 nitrogen and oxygen atoms in total. The number of hydrogen-bond donors (Lipinski definition) is 0. The maximum absolute atomic E-state index is 12.8. The van der Waals surface area contributed by atoms with Crippen molar-refractivity contribution in [1.29, 1.82) is 0 Å². The van der Waals surface area contributed by atoms with Crippen molar-refractivity contribution in [1.82, 2.24) is 9.80 Å². The smallest absolute Gasteiger partial charge is 0.444 e. The van der Waals surface area contributed by atoms with E-state index < -0.39 is 17.7 Å². The number of carbonyl (C=O) groups excluding carboxylic acids is 2. The first-order valence-electron chi connectivity index (χ1n) is 12.0. The van der Waals surface area contributed by atoms with E-state index in [0.717, 1.165) is 65.4 Å². The highest BCUT2D eigenvalue weighted by molar-refractivity contribution is 7.99. The maximum atomic E-state index is 12.8. The van der Waals surface area contributed by atoms with Crippen LogP contribution < -0.4 is 0 Å². The molecule has 2 aliphatic heterocycles. The van der Waals surface area contributed by atoms with E-state index in [1.807, 2.05) is 32.9 Å². The highest BCUT2D eigenvalue weighted by Crippen LogP contribution is 2.29. The number of rotatable bonds is 5. The van der Waals surface area contributed by atoms with Gasteiger partial charge in [-0.05, 0) is 94.2 Å². The van der Waals surface area contributed by atoms with Gasteiger partial charge >= 0.3 is 18.2 Å². The third-order valence-corrected chi connectivity index (χ3v) is 7.38. The fourth-order valence-corrected chi connectivity index (χ4v) is 5.40. The predicted molar refractivity (Wildman–Crippen MR) is 127 cm³/mol. The minimum Gasteiger partial charge on any atom is -0.444 e. The van der Waals surface area contributed by atoms with Crippen LogP contribution in [0.25, 0.3) is 0 Å². The number of hydrogen-bond acceptors (Lipinski definition) is 4.